The van der Waals surface area contributed by atoms with E-state index in [1.165, 1.54) is 23.6 Å². The Kier molecular flexibility index (Phi) is 12.6. The molecule has 2 aromatic carbocycles. The zero-order chi connectivity index (χ0) is 45.7. The molecule has 2 saturated heterocycles. The van der Waals surface area contributed by atoms with Gasteiger partial charge in [-0.15, -0.1) is 0 Å². The van der Waals surface area contributed by atoms with Crippen molar-refractivity contribution in [3.63, 3.8) is 0 Å². The van der Waals surface area contributed by atoms with E-state index in [0.717, 1.165) is 76.8 Å². The number of aromatic nitrogens is 8. The van der Waals surface area contributed by atoms with Crippen molar-refractivity contribution in [2.45, 2.75) is 109 Å². The highest BCUT2D eigenvalue weighted by molar-refractivity contribution is 5.87. The summed E-state index contributed by atoms with van der Waals surface area (Å²) >= 11 is 0. The van der Waals surface area contributed by atoms with Crippen LogP contribution >= 0.6 is 0 Å². The van der Waals surface area contributed by atoms with Crippen LogP contribution in [0.4, 0.5) is 11.6 Å². The van der Waals surface area contributed by atoms with Crippen LogP contribution in [0.5, 0.6) is 0 Å². The lowest BCUT2D eigenvalue weighted by atomic mass is 9.95. The number of benzene rings is 2. The van der Waals surface area contributed by atoms with Crippen LogP contribution in [0.2, 0.25) is 0 Å². The van der Waals surface area contributed by atoms with Crippen molar-refractivity contribution in [1.29, 1.82) is 0 Å². The molecule has 2 aliphatic carbocycles. The number of fused-ring (bicyclic) bond motifs is 6. The number of aliphatic hydroxyl groups excluding tert-OH is 1. The maximum atomic E-state index is 7.00. The monoisotopic (exact) mass is 904 g/mol. The number of nitrogens with two attached hydrogens (primary N) is 2. The van der Waals surface area contributed by atoms with Crippen molar-refractivity contribution in [1.82, 2.24) is 39.0 Å². The largest absolute Gasteiger partial charge is 0.400 e. The normalized spacial score (nSPS) is 25.7. The zero-order valence-corrected chi connectivity index (χ0v) is 37.8. The van der Waals surface area contributed by atoms with E-state index < -0.39 is 11.6 Å². The third-order valence-corrected chi connectivity index (χ3v) is 13.5. The molecule has 0 spiro atoms. The van der Waals surface area contributed by atoms with Crippen molar-refractivity contribution in [3.05, 3.63) is 127 Å². The summed E-state index contributed by atoms with van der Waals surface area (Å²) in [7, 11) is 1.00. The van der Waals surface area contributed by atoms with Gasteiger partial charge in [0.25, 0.3) is 0 Å². The smallest absolute Gasteiger partial charge is 0.163 e. The number of rotatable bonds is 7. The number of pyridine rings is 2. The third-order valence-electron chi connectivity index (χ3n) is 13.5. The molecule has 8 aromatic rings. The molecule has 5 N–H and O–H groups in total. The van der Waals surface area contributed by atoms with Gasteiger partial charge in [-0.3, -0.25) is 9.97 Å². The van der Waals surface area contributed by atoms with Crippen LogP contribution in [0, 0.1) is 11.8 Å². The highest BCUT2D eigenvalue weighted by Gasteiger charge is 2.55. The SMILES string of the molecule is C.CC1(C)O[C@@H]2[C@@H](CCc3ccc4cccnc4c3)C[C@@H](n3ccc4c(N)ncnc43)[C@@H]2O1.CC1(C)O[C@@H]2[C@H](O1)[C@@H](/C=C/c1ccc3cccnc3c1)C[C@H]2n1ccc2c(N)ncnc21.CO. The van der Waals surface area contributed by atoms with Gasteiger partial charge in [0.05, 0.1) is 46.1 Å². The second-order valence-corrected chi connectivity index (χ2v) is 18.5. The van der Waals surface area contributed by atoms with Gasteiger partial charge < -0.3 is 44.7 Å². The predicted molar refractivity (Wildman–Crippen MR) is 262 cm³/mol. The molecule has 0 bridgehead atoms. The van der Waals surface area contributed by atoms with E-state index >= 15 is 0 Å². The lowest BCUT2D eigenvalue weighted by molar-refractivity contribution is -0.160. The quantitative estimate of drug-likeness (QED) is 0.137. The summed E-state index contributed by atoms with van der Waals surface area (Å²) in [4.78, 5) is 26.2. The summed E-state index contributed by atoms with van der Waals surface area (Å²) < 4.78 is 29.9. The molecular formula is C52H60N10O5. The van der Waals surface area contributed by atoms with Crippen LogP contribution in [0.3, 0.4) is 0 Å². The molecule has 4 fully saturated rings. The van der Waals surface area contributed by atoms with Gasteiger partial charge >= 0.3 is 0 Å². The highest BCUT2D eigenvalue weighted by atomic mass is 16.8. The Bertz CT molecular complexity index is 3060. The first kappa shape index (κ1) is 45.8. The van der Waals surface area contributed by atoms with Crippen LogP contribution in [-0.4, -0.2) is 87.2 Å². The van der Waals surface area contributed by atoms with Gasteiger partial charge in [-0.25, -0.2) is 19.9 Å². The van der Waals surface area contributed by atoms with Crippen LogP contribution in [-0.2, 0) is 25.4 Å². The molecule has 15 heteroatoms. The Hall–Kier alpha value is -6.36. The van der Waals surface area contributed by atoms with Gasteiger partial charge in [0, 0.05) is 48.6 Å². The van der Waals surface area contributed by atoms with Crippen LogP contribution in [0.1, 0.15) is 77.6 Å². The minimum Gasteiger partial charge on any atom is -0.400 e. The summed E-state index contributed by atoms with van der Waals surface area (Å²) in [5, 5.41) is 11.1. The average Bonchev–Trinajstić information content (AvgIpc) is 4.18. The van der Waals surface area contributed by atoms with E-state index in [4.69, 9.17) is 35.5 Å². The summed E-state index contributed by atoms with van der Waals surface area (Å²) in [5.41, 5.74) is 18.3. The molecular weight excluding hydrogens is 845 g/mol. The molecule has 12 rings (SSSR count). The van der Waals surface area contributed by atoms with Crippen molar-refractivity contribution >= 4 is 61.6 Å². The Labute approximate surface area is 390 Å². The van der Waals surface area contributed by atoms with E-state index in [2.05, 4.69) is 106 Å². The lowest BCUT2D eigenvalue weighted by Gasteiger charge is -2.24. The summed E-state index contributed by atoms with van der Waals surface area (Å²) in [6, 6.07) is 25.3. The van der Waals surface area contributed by atoms with Crippen molar-refractivity contribution in [2.24, 2.45) is 11.8 Å². The number of nitrogen functional groups attached to an aromatic ring is 2. The molecule has 8 heterocycles. The number of aliphatic hydroxyl groups is 1. The van der Waals surface area contributed by atoms with Crippen molar-refractivity contribution in [3.8, 4) is 0 Å². The number of anilines is 2. The first-order chi connectivity index (χ1) is 32.0. The van der Waals surface area contributed by atoms with E-state index in [-0.39, 0.29) is 49.8 Å². The van der Waals surface area contributed by atoms with Gasteiger partial charge in [-0.1, -0.05) is 56.0 Å². The van der Waals surface area contributed by atoms with Crippen LogP contribution < -0.4 is 11.5 Å². The van der Waals surface area contributed by atoms with E-state index in [9.17, 15) is 0 Å². The summed E-state index contributed by atoms with van der Waals surface area (Å²) in [5.74, 6) is 0.396. The fourth-order valence-corrected chi connectivity index (χ4v) is 10.6. The molecule has 2 saturated carbocycles. The molecule has 67 heavy (non-hydrogen) atoms. The zero-order valence-electron chi connectivity index (χ0n) is 37.8. The molecule has 4 aliphatic rings. The highest BCUT2D eigenvalue weighted by Crippen LogP contribution is 2.50. The van der Waals surface area contributed by atoms with Crippen LogP contribution in [0.25, 0.3) is 49.9 Å². The molecule has 15 nitrogen and oxygen atoms in total. The molecule has 2 aliphatic heterocycles. The van der Waals surface area contributed by atoms with Crippen molar-refractivity contribution < 1.29 is 24.1 Å². The molecule has 8 atom stereocenters. The predicted octanol–water partition coefficient (Wildman–Crippen LogP) is 8.88. The molecule has 0 amide bonds. The second kappa shape index (κ2) is 18.4. The van der Waals surface area contributed by atoms with Crippen LogP contribution in [0.15, 0.2) is 116 Å². The van der Waals surface area contributed by atoms with E-state index in [1.807, 2.05) is 70.6 Å². The maximum absolute atomic E-state index is 7.00. The molecule has 348 valence electrons. The Morgan fingerprint density at radius 1 is 0.642 bits per heavy atom. The topological polar surface area (TPSA) is 196 Å². The fraction of sp³-hybridized carbons (Fsp3) is 0.385. The minimum atomic E-state index is -0.621. The molecule has 0 radical (unpaired) electrons. The molecule has 0 unspecified atom stereocenters. The minimum absolute atomic E-state index is 0. The average molecular weight is 905 g/mol. The number of hydrogen-bond acceptors (Lipinski definition) is 13. The van der Waals surface area contributed by atoms with Gasteiger partial charge in [0.2, 0.25) is 0 Å². The summed E-state index contributed by atoms with van der Waals surface area (Å²) in [6.07, 6.45) is 19.1. The lowest BCUT2D eigenvalue weighted by Crippen LogP contribution is -2.27. The standard InChI is InChI=1S/C25H27N5O2.C25H25N5O2.CH4O.CH4/c2*1-25(2)31-21-17(8-6-15-5-7-16-4-3-10-27-19(16)12-15)13-20(22(21)32-25)30-11-9-18-23(26)28-14-29-24(18)30;1-2;/h3-5,7,9-12,14,17,20-22H,6,8,13H2,1-2H3,(H2,26,28,29);3-12,14,17,20-22H,13H2,1-2H3,(H2,26,28,29);2H,1H3;1H4/b;8-6+;;/t2*17-,20+,21+,22-;;/m00../s1. The van der Waals surface area contributed by atoms with Gasteiger partial charge in [-0.2, -0.15) is 0 Å². The summed E-state index contributed by atoms with van der Waals surface area (Å²) in [6.45, 7) is 7.96. The van der Waals surface area contributed by atoms with Gasteiger partial charge in [0.1, 0.15) is 47.8 Å². The van der Waals surface area contributed by atoms with Crippen molar-refractivity contribution in [2.75, 3.05) is 18.6 Å². The number of hydrogen-bond donors (Lipinski definition) is 3. The van der Waals surface area contributed by atoms with Gasteiger partial charge in [-0.05, 0) is 107 Å². The van der Waals surface area contributed by atoms with E-state index in [1.54, 1.807) is 0 Å². The first-order valence-electron chi connectivity index (χ1n) is 22.6. The number of nitrogens with zero attached hydrogens (tertiary/aromatic N) is 8. The maximum Gasteiger partial charge on any atom is 0.163 e. The third kappa shape index (κ3) is 8.85. The Morgan fingerprint density at radius 3 is 1.81 bits per heavy atom. The molecule has 6 aromatic heterocycles. The first-order valence-corrected chi connectivity index (χ1v) is 22.6. The number of aryl methyl sites for hydroxylation is 1. The van der Waals surface area contributed by atoms with Gasteiger partial charge in [0.15, 0.2) is 11.6 Å². The fourth-order valence-electron chi connectivity index (χ4n) is 10.6. The Morgan fingerprint density at radius 2 is 1.18 bits per heavy atom. The Balaban J connectivity index is 0.000000160. The number of ether oxygens (including phenoxy) is 4. The van der Waals surface area contributed by atoms with E-state index in [0.29, 0.717) is 17.6 Å². The second-order valence-electron chi connectivity index (χ2n) is 18.5.